The summed E-state index contributed by atoms with van der Waals surface area (Å²) >= 11 is 5.79. The number of anilines is 1. The number of hydrogen-bond donors (Lipinski definition) is 2. The smallest absolute Gasteiger partial charge is 0.326 e. The van der Waals surface area contributed by atoms with Crippen molar-refractivity contribution in [2.45, 2.75) is 25.3 Å². The number of rotatable bonds is 2. The van der Waals surface area contributed by atoms with Gasteiger partial charge in [-0.2, -0.15) is 0 Å². The number of nitrogen functional groups attached to an aromatic ring is 1. The Hall–Kier alpha value is -2.34. The van der Waals surface area contributed by atoms with Crippen molar-refractivity contribution in [1.82, 2.24) is 4.57 Å². The zero-order valence-electron chi connectivity index (χ0n) is 12.2. The van der Waals surface area contributed by atoms with Crippen molar-refractivity contribution in [3.05, 3.63) is 51.2 Å². The van der Waals surface area contributed by atoms with Gasteiger partial charge in [-0.25, -0.2) is 9.18 Å². The van der Waals surface area contributed by atoms with Gasteiger partial charge in [0, 0.05) is 23.0 Å². The van der Waals surface area contributed by atoms with Crippen LogP contribution in [0.3, 0.4) is 0 Å². The van der Waals surface area contributed by atoms with E-state index >= 15 is 0 Å². The van der Waals surface area contributed by atoms with E-state index < -0.39 is 23.4 Å². The van der Waals surface area contributed by atoms with Gasteiger partial charge in [-0.15, -0.1) is 0 Å². The van der Waals surface area contributed by atoms with Gasteiger partial charge in [0.05, 0.1) is 5.02 Å². The number of halogens is 2. The highest BCUT2D eigenvalue weighted by Crippen LogP contribution is 2.38. The lowest BCUT2D eigenvalue weighted by Gasteiger charge is -2.13. The summed E-state index contributed by atoms with van der Waals surface area (Å²) < 4.78 is 15.6. The Morgan fingerprint density at radius 3 is 2.78 bits per heavy atom. The molecule has 1 aliphatic heterocycles. The summed E-state index contributed by atoms with van der Waals surface area (Å²) in [6.45, 7) is 1.83. The normalized spacial score (nSPS) is 19.6. The van der Waals surface area contributed by atoms with Gasteiger partial charge in [-0.1, -0.05) is 18.5 Å². The van der Waals surface area contributed by atoms with Gasteiger partial charge in [0.15, 0.2) is 5.82 Å². The fourth-order valence-corrected chi connectivity index (χ4v) is 3.25. The number of carboxylic acid groups (broad SMARTS) is 1. The molecule has 2 heterocycles. The number of hydrogen-bond acceptors (Lipinski definition) is 3. The second kappa shape index (κ2) is 5.38. The SMILES string of the molecule is C[C@H]1C[C@@H](C(=O)O)n2c1cc(-c1c(N)ccc(Cl)c1F)cc2=O. The molecule has 1 aliphatic rings. The highest BCUT2D eigenvalue weighted by Gasteiger charge is 2.34. The Morgan fingerprint density at radius 2 is 2.13 bits per heavy atom. The van der Waals surface area contributed by atoms with E-state index in [4.69, 9.17) is 17.3 Å². The van der Waals surface area contributed by atoms with Gasteiger partial charge >= 0.3 is 5.97 Å². The van der Waals surface area contributed by atoms with E-state index in [1.165, 1.54) is 22.8 Å². The van der Waals surface area contributed by atoms with Crippen LogP contribution in [-0.2, 0) is 4.79 Å². The van der Waals surface area contributed by atoms with Crippen molar-refractivity contribution in [3.8, 4) is 11.1 Å². The Bertz CT molecular complexity index is 878. The molecule has 0 amide bonds. The molecule has 1 aromatic heterocycles. The summed E-state index contributed by atoms with van der Waals surface area (Å²) in [5.41, 5.74) is 6.41. The van der Waals surface area contributed by atoms with Crippen LogP contribution in [0.25, 0.3) is 11.1 Å². The number of nitrogens with two attached hydrogens (primary N) is 1. The molecule has 3 rings (SSSR count). The van der Waals surface area contributed by atoms with Gasteiger partial charge in [-0.05, 0) is 36.1 Å². The average Bonchev–Trinajstić information content (AvgIpc) is 2.82. The Morgan fingerprint density at radius 1 is 1.43 bits per heavy atom. The fraction of sp³-hybridized carbons (Fsp3) is 0.250. The Kier molecular flexibility index (Phi) is 3.64. The van der Waals surface area contributed by atoms with Crippen LogP contribution >= 0.6 is 11.6 Å². The maximum Gasteiger partial charge on any atom is 0.326 e. The first-order chi connectivity index (χ1) is 10.8. The lowest BCUT2D eigenvalue weighted by molar-refractivity contribution is -0.140. The quantitative estimate of drug-likeness (QED) is 0.825. The van der Waals surface area contributed by atoms with E-state index in [0.29, 0.717) is 17.7 Å². The summed E-state index contributed by atoms with van der Waals surface area (Å²) in [6.07, 6.45) is 0.321. The van der Waals surface area contributed by atoms with Gasteiger partial charge in [0.25, 0.3) is 5.56 Å². The number of carboxylic acids is 1. The van der Waals surface area contributed by atoms with Crippen LogP contribution in [0.15, 0.2) is 29.1 Å². The lowest BCUT2D eigenvalue weighted by atomic mass is 9.99. The number of pyridine rings is 1. The minimum absolute atomic E-state index is 0.0592. The van der Waals surface area contributed by atoms with Gasteiger partial charge in [0.2, 0.25) is 0 Å². The van der Waals surface area contributed by atoms with Crippen molar-refractivity contribution in [2.75, 3.05) is 5.73 Å². The molecule has 0 fully saturated rings. The molecule has 3 N–H and O–H groups in total. The predicted molar refractivity (Wildman–Crippen MR) is 85.2 cm³/mol. The number of nitrogens with zero attached hydrogens (tertiary/aromatic N) is 1. The summed E-state index contributed by atoms with van der Waals surface area (Å²) in [7, 11) is 0. The van der Waals surface area contributed by atoms with Crippen molar-refractivity contribution in [2.24, 2.45) is 0 Å². The number of aliphatic carboxylic acids is 1. The van der Waals surface area contributed by atoms with E-state index in [0.717, 1.165) is 0 Å². The van der Waals surface area contributed by atoms with Gasteiger partial charge < -0.3 is 10.8 Å². The molecule has 0 saturated carbocycles. The molecule has 23 heavy (non-hydrogen) atoms. The van der Waals surface area contributed by atoms with Crippen LogP contribution in [0.4, 0.5) is 10.1 Å². The first-order valence-corrected chi connectivity index (χ1v) is 7.42. The molecule has 7 heteroatoms. The molecule has 0 aliphatic carbocycles. The van der Waals surface area contributed by atoms with Crippen molar-refractivity contribution in [3.63, 3.8) is 0 Å². The third-order valence-corrected chi connectivity index (χ3v) is 4.48. The second-order valence-electron chi connectivity index (χ2n) is 5.69. The second-order valence-corrected chi connectivity index (χ2v) is 6.10. The predicted octanol–water partition coefficient (Wildman–Crippen LogP) is 3.02. The topological polar surface area (TPSA) is 85.3 Å². The molecule has 5 nitrogen and oxygen atoms in total. The van der Waals surface area contributed by atoms with E-state index in [2.05, 4.69) is 0 Å². The highest BCUT2D eigenvalue weighted by molar-refractivity contribution is 6.31. The summed E-state index contributed by atoms with van der Waals surface area (Å²) in [5.74, 6) is -1.89. The number of fused-ring (bicyclic) bond motifs is 1. The summed E-state index contributed by atoms with van der Waals surface area (Å²) in [4.78, 5) is 23.7. The molecule has 0 saturated heterocycles. The first-order valence-electron chi connectivity index (χ1n) is 7.04. The summed E-state index contributed by atoms with van der Waals surface area (Å²) in [6, 6.07) is 4.72. The average molecular weight is 337 g/mol. The lowest BCUT2D eigenvalue weighted by Crippen LogP contribution is -2.27. The van der Waals surface area contributed by atoms with Crippen molar-refractivity contribution < 1.29 is 14.3 Å². The first kappa shape index (κ1) is 15.6. The molecule has 0 radical (unpaired) electrons. The minimum Gasteiger partial charge on any atom is -0.480 e. The number of benzene rings is 1. The van der Waals surface area contributed by atoms with Crippen LogP contribution in [0, 0.1) is 5.82 Å². The molecule has 0 unspecified atom stereocenters. The largest absolute Gasteiger partial charge is 0.480 e. The molecule has 2 aromatic rings. The van der Waals surface area contributed by atoms with Crippen LogP contribution in [-0.4, -0.2) is 15.6 Å². The molecular formula is C16H14ClFN2O3. The van der Waals surface area contributed by atoms with E-state index in [1.807, 2.05) is 6.92 Å². The Labute approximate surface area is 136 Å². The molecule has 0 spiro atoms. The van der Waals surface area contributed by atoms with E-state index in [1.54, 1.807) is 6.07 Å². The third kappa shape index (κ3) is 2.39. The molecule has 120 valence electrons. The zero-order valence-corrected chi connectivity index (χ0v) is 13.0. The fourth-order valence-electron chi connectivity index (χ4n) is 3.09. The Balaban J connectivity index is 2.25. The zero-order chi connectivity index (χ0) is 16.9. The highest BCUT2D eigenvalue weighted by atomic mass is 35.5. The third-order valence-electron chi connectivity index (χ3n) is 4.19. The molecule has 1 aromatic carbocycles. The summed E-state index contributed by atoms with van der Waals surface area (Å²) in [5, 5.41) is 9.16. The number of carbonyl (C=O) groups is 1. The molecule has 2 atom stereocenters. The molecular weight excluding hydrogens is 323 g/mol. The maximum absolute atomic E-state index is 14.3. The van der Waals surface area contributed by atoms with Crippen LogP contribution in [0.1, 0.15) is 31.0 Å². The van der Waals surface area contributed by atoms with E-state index in [9.17, 15) is 19.1 Å². The van der Waals surface area contributed by atoms with E-state index in [-0.39, 0.29) is 22.2 Å². The van der Waals surface area contributed by atoms with Crippen molar-refractivity contribution >= 4 is 23.3 Å². The van der Waals surface area contributed by atoms with Crippen LogP contribution in [0.5, 0.6) is 0 Å². The number of aromatic nitrogens is 1. The van der Waals surface area contributed by atoms with Crippen LogP contribution < -0.4 is 11.3 Å². The van der Waals surface area contributed by atoms with Gasteiger partial charge in [-0.3, -0.25) is 9.36 Å². The maximum atomic E-state index is 14.3. The van der Waals surface area contributed by atoms with Crippen molar-refractivity contribution in [1.29, 1.82) is 0 Å². The monoisotopic (exact) mass is 336 g/mol. The van der Waals surface area contributed by atoms with Crippen LogP contribution in [0.2, 0.25) is 5.02 Å². The standard InChI is InChI=1S/C16H14ClFN2O3/c1-7-4-12(16(22)23)20-11(7)5-8(6-13(20)21)14-10(19)3-2-9(17)15(14)18/h2-3,5-7,12H,4,19H2,1H3,(H,22,23)/t7-,12-/m0/s1. The van der Waals surface area contributed by atoms with Gasteiger partial charge in [0.1, 0.15) is 6.04 Å². The molecule has 0 bridgehead atoms. The minimum atomic E-state index is -1.06.